The van der Waals surface area contributed by atoms with Gasteiger partial charge >= 0.3 is 7.60 Å². The topological polar surface area (TPSA) is 47.6 Å². The van der Waals surface area contributed by atoms with Gasteiger partial charge in [-0.05, 0) is 55.8 Å². The Morgan fingerprint density at radius 1 is 1.04 bits per heavy atom. The fourth-order valence-electron chi connectivity index (χ4n) is 2.24. The molecular formula is C17H20BrClNO3P. The van der Waals surface area contributed by atoms with E-state index in [1.807, 2.05) is 36.4 Å². The van der Waals surface area contributed by atoms with E-state index in [0.717, 1.165) is 15.7 Å². The van der Waals surface area contributed by atoms with Crippen LogP contribution in [0.15, 0.2) is 53.0 Å². The van der Waals surface area contributed by atoms with Gasteiger partial charge in [-0.15, -0.1) is 0 Å². The molecule has 0 aliphatic carbocycles. The molecule has 0 heterocycles. The summed E-state index contributed by atoms with van der Waals surface area (Å²) in [5, 5.41) is 3.89. The third-order valence-corrected chi connectivity index (χ3v) is 6.34. The molecule has 2 rings (SSSR count). The van der Waals surface area contributed by atoms with Gasteiger partial charge in [0.25, 0.3) is 0 Å². The molecule has 0 unspecified atom stereocenters. The average Bonchev–Trinajstić information content (AvgIpc) is 2.56. The number of nitrogens with one attached hydrogen (secondary N) is 1. The smallest absolute Gasteiger partial charge is 0.357 e. The Bertz CT molecular complexity index is 684. The lowest BCUT2D eigenvalue weighted by atomic mass is 10.2. The second kappa shape index (κ2) is 9.02. The zero-order valence-electron chi connectivity index (χ0n) is 13.5. The molecule has 24 heavy (non-hydrogen) atoms. The predicted octanol–water partition coefficient (Wildman–Crippen LogP) is 6.48. The molecular weight excluding hydrogens is 413 g/mol. The summed E-state index contributed by atoms with van der Waals surface area (Å²) < 4.78 is 25.4. The molecule has 0 saturated heterocycles. The van der Waals surface area contributed by atoms with Crippen LogP contribution in [-0.2, 0) is 13.6 Å². The van der Waals surface area contributed by atoms with Crippen LogP contribution in [0.2, 0.25) is 5.02 Å². The Kier molecular flexibility index (Phi) is 7.33. The highest BCUT2D eigenvalue weighted by Gasteiger charge is 2.37. The fourth-order valence-corrected chi connectivity index (χ4v) is 4.57. The summed E-state index contributed by atoms with van der Waals surface area (Å²) in [6.45, 7) is 4.18. The molecule has 0 aliphatic heterocycles. The maximum Gasteiger partial charge on any atom is 0.357 e. The lowest BCUT2D eigenvalue weighted by Gasteiger charge is -2.28. The van der Waals surface area contributed by atoms with Crippen molar-refractivity contribution >= 4 is 40.8 Å². The van der Waals surface area contributed by atoms with Crippen molar-refractivity contribution in [2.24, 2.45) is 0 Å². The Morgan fingerprint density at radius 2 is 1.58 bits per heavy atom. The van der Waals surface area contributed by atoms with Gasteiger partial charge in [0.15, 0.2) is 5.78 Å². The lowest BCUT2D eigenvalue weighted by Crippen LogP contribution is -2.15. The molecule has 0 amide bonds. The standard InChI is InChI=1S/C17H20BrClNO3P/c1-3-22-24(21,23-4-2)17(13-5-9-15(19)10-6-13)20-16-11-7-14(18)8-12-16/h5-12,17,20H,3-4H2,1-2H3/t17-/m1/s1. The molecule has 2 aromatic rings. The van der Waals surface area contributed by atoms with Crippen LogP contribution in [0.25, 0.3) is 0 Å². The van der Waals surface area contributed by atoms with E-state index in [1.165, 1.54) is 0 Å². The van der Waals surface area contributed by atoms with E-state index >= 15 is 0 Å². The number of hydrogen-bond donors (Lipinski definition) is 1. The SMILES string of the molecule is CCOP(=O)(OCC)[C@@H](Nc1ccc(Br)cc1)c1ccc(Cl)cc1. The van der Waals surface area contributed by atoms with Crippen molar-refractivity contribution in [2.45, 2.75) is 19.6 Å². The normalized spacial score (nSPS) is 12.8. The van der Waals surface area contributed by atoms with Crippen LogP contribution >= 0.6 is 35.1 Å². The van der Waals surface area contributed by atoms with Crippen LogP contribution in [0.3, 0.4) is 0 Å². The highest BCUT2D eigenvalue weighted by Crippen LogP contribution is 2.60. The van der Waals surface area contributed by atoms with Gasteiger partial charge in [-0.25, -0.2) is 0 Å². The van der Waals surface area contributed by atoms with Gasteiger partial charge in [0.05, 0.1) is 13.2 Å². The summed E-state index contributed by atoms with van der Waals surface area (Å²) in [5.41, 5.74) is 1.60. The summed E-state index contributed by atoms with van der Waals surface area (Å²) in [4.78, 5) is 0. The van der Waals surface area contributed by atoms with E-state index in [9.17, 15) is 4.57 Å². The Balaban J connectivity index is 2.41. The summed E-state index contributed by atoms with van der Waals surface area (Å²) >= 11 is 9.38. The predicted molar refractivity (Wildman–Crippen MR) is 103 cm³/mol. The third-order valence-electron chi connectivity index (χ3n) is 3.27. The highest BCUT2D eigenvalue weighted by molar-refractivity contribution is 9.10. The van der Waals surface area contributed by atoms with Crippen LogP contribution in [0, 0.1) is 0 Å². The Labute approximate surface area is 156 Å². The van der Waals surface area contributed by atoms with Crippen LogP contribution in [-0.4, -0.2) is 13.2 Å². The van der Waals surface area contributed by atoms with Crippen molar-refractivity contribution in [3.63, 3.8) is 0 Å². The molecule has 0 aliphatic rings. The van der Waals surface area contributed by atoms with E-state index in [1.54, 1.807) is 26.0 Å². The van der Waals surface area contributed by atoms with Gasteiger partial charge in [0.2, 0.25) is 0 Å². The van der Waals surface area contributed by atoms with Crippen molar-refractivity contribution in [3.8, 4) is 0 Å². The van der Waals surface area contributed by atoms with Crippen LogP contribution in [0.5, 0.6) is 0 Å². The minimum absolute atomic E-state index is 0.295. The zero-order valence-corrected chi connectivity index (χ0v) is 16.8. The summed E-state index contributed by atoms with van der Waals surface area (Å²) in [5.74, 6) is -0.629. The second-order valence-corrected chi connectivity index (χ2v) is 8.45. The lowest BCUT2D eigenvalue weighted by molar-refractivity contribution is 0.214. The summed E-state index contributed by atoms with van der Waals surface area (Å²) in [6.07, 6.45) is 0. The number of halogens is 2. The number of anilines is 1. The largest absolute Gasteiger partial charge is 0.368 e. The molecule has 4 nitrogen and oxygen atoms in total. The molecule has 0 spiro atoms. The number of hydrogen-bond acceptors (Lipinski definition) is 4. The van der Waals surface area contributed by atoms with Crippen molar-refractivity contribution in [1.29, 1.82) is 0 Å². The molecule has 130 valence electrons. The van der Waals surface area contributed by atoms with Gasteiger partial charge in [-0.1, -0.05) is 39.7 Å². The average molecular weight is 433 g/mol. The van der Waals surface area contributed by atoms with E-state index in [0.29, 0.717) is 18.2 Å². The van der Waals surface area contributed by atoms with Gasteiger partial charge in [-0.3, -0.25) is 4.57 Å². The third kappa shape index (κ3) is 5.08. The first-order valence-corrected chi connectivity index (χ1v) is 10.4. The van der Waals surface area contributed by atoms with Crippen molar-refractivity contribution < 1.29 is 13.6 Å². The molecule has 1 N–H and O–H groups in total. The van der Waals surface area contributed by atoms with E-state index in [-0.39, 0.29) is 0 Å². The van der Waals surface area contributed by atoms with Crippen molar-refractivity contribution in [1.82, 2.24) is 0 Å². The monoisotopic (exact) mass is 431 g/mol. The number of rotatable bonds is 8. The molecule has 0 saturated carbocycles. The quantitative estimate of drug-likeness (QED) is 0.485. The maximum absolute atomic E-state index is 13.3. The van der Waals surface area contributed by atoms with E-state index < -0.39 is 13.4 Å². The zero-order chi connectivity index (χ0) is 17.6. The van der Waals surface area contributed by atoms with Crippen molar-refractivity contribution in [2.75, 3.05) is 18.5 Å². The minimum Gasteiger partial charge on any atom is -0.368 e. The van der Waals surface area contributed by atoms with Crippen LogP contribution in [0.4, 0.5) is 5.69 Å². The first-order chi connectivity index (χ1) is 11.5. The molecule has 0 aromatic heterocycles. The first kappa shape index (κ1) is 19.5. The van der Waals surface area contributed by atoms with Crippen LogP contribution < -0.4 is 5.32 Å². The molecule has 1 atom stereocenters. The Hall–Kier alpha value is -0.840. The Morgan fingerprint density at radius 3 is 2.08 bits per heavy atom. The fraction of sp³-hybridized carbons (Fsp3) is 0.294. The summed E-state index contributed by atoms with van der Waals surface area (Å²) in [7, 11) is -3.41. The van der Waals surface area contributed by atoms with E-state index in [2.05, 4.69) is 21.2 Å². The molecule has 0 bridgehead atoms. The highest BCUT2D eigenvalue weighted by atomic mass is 79.9. The molecule has 0 fully saturated rings. The molecule has 0 radical (unpaired) electrons. The maximum atomic E-state index is 13.3. The van der Waals surface area contributed by atoms with Gasteiger partial charge in [0, 0.05) is 15.2 Å². The number of benzene rings is 2. The van der Waals surface area contributed by atoms with E-state index in [4.69, 9.17) is 20.6 Å². The van der Waals surface area contributed by atoms with Gasteiger partial charge in [-0.2, -0.15) is 0 Å². The summed E-state index contributed by atoms with van der Waals surface area (Å²) in [6, 6.07) is 14.8. The first-order valence-electron chi connectivity index (χ1n) is 7.65. The van der Waals surface area contributed by atoms with Crippen LogP contribution in [0.1, 0.15) is 25.2 Å². The second-order valence-electron chi connectivity index (χ2n) is 4.98. The molecule has 7 heteroatoms. The van der Waals surface area contributed by atoms with Crippen molar-refractivity contribution in [3.05, 3.63) is 63.6 Å². The molecule has 2 aromatic carbocycles. The van der Waals surface area contributed by atoms with Gasteiger partial charge < -0.3 is 14.4 Å². The van der Waals surface area contributed by atoms with Gasteiger partial charge in [0.1, 0.15) is 0 Å². The minimum atomic E-state index is -3.41.